The van der Waals surface area contributed by atoms with Crippen LogP contribution >= 0.6 is 0 Å². The Balaban J connectivity index is 1.92. The van der Waals surface area contributed by atoms with Gasteiger partial charge in [-0.1, -0.05) is 6.42 Å². The highest BCUT2D eigenvalue weighted by molar-refractivity contribution is 5.47. The maximum Gasteiger partial charge on any atom is 0.278 e. The van der Waals surface area contributed by atoms with Crippen LogP contribution in [0.4, 0.5) is 5.69 Å². The number of nitrogens with two attached hydrogens (primary N) is 1. The average Bonchev–Trinajstić information content (AvgIpc) is 2.92. The van der Waals surface area contributed by atoms with Crippen molar-refractivity contribution in [1.82, 2.24) is 4.98 Å². The molecule has 2 N–H and O–H groups in total. The minimum absolute atomic E-state index is 0.196. The summed E-state index contributed by atoms with van der Waals surface area (Å²) in [6.45, 7) is 3.53. The molecule has 2 aliphatic rings. The second-order valence-electron chi connectivity index (χ2n) is 6.61. The van der Waals surface area contributed by atoms with Crippen LogP contribution in [0.15, 0.2) is 6.20 Å². The van der Waals surface area contributed by atoms with Gasteiger partial charge in [-0.3, -0.25) is 15.1 Å². The standard InChI is InChI=1S/C15H21N3O2/c1-9-8-17-13(10(2)14(9)18(19)20)7-15(16)6-11-3-4-12(15)5-11/h8,11-12H,3-7,16H2,1-2H3. The number of rotatable bonds is 3. The fourth-order valence-corrected chi connectivity index (χ4v) is 4.24. The minimum atomic E-state index is -0.306. The molecule has 3 rings (SSSR count). The lowest BCUT2D eigenvalue weighted by Gasteiger charge is -2.34. The van der Waals surface area contributed by atoms with Crippen molar-refractivity contribution in [2.24, 2.45) is 17.6 Å². The fourth-order valence-electron chi connectivity index (χ4n) is 4.24. The van der Waals surface area contributed by atoms with E-state index >= 15 is 0 Å². The van der Waals surface area contributed by atoms with Gasteiger partial charge in [-0.05, 0) is 44.9 Å². The predicted octanol–water partition coefficient (Wildman–Crippen LogP) is 2.67. The van der Waals surface area contributed by atoms with Crippen LogP contribution in [0.2, 0.25) is 0 Å². The van der Waals surface area contributed by atoms with Crippen LogP contribution in [0.5, 0.6) is 0 Å². The summed E-state index contributed by atoms with van der Waals surface area (Å²) in [4.78, 5) is 15.3. The molecule has 0 aromatic carbocycles. The SMILES string of the molecule is Cc1cnc(CC2(N)CC3CCC2C3)c(C)c1[N+](=O)[O-]. The molecule has 2 aliphatic carbocycles. The maximum absolute atomic E-state index is 11.2. The van der Waals surface area contributed by atoms with Gasteiger partial charge in [-0.2, -0.15) is 0 Å². The summed E-state index contributed by atoms with van der Waals surface area (Å²) in [6.07, 6.45) is 7.04. The molecule has 20 heavy (non-hydrogen) atoms. The highest BCUT2D eigenvalue weighted by atomic mass is 16.6. The van der Waals surface area contributed by atoms with Gasteiger partial charge in [0.05, 0.1) is 10.6 Å². The Morgan fingerprint density at radius 1 is 1.50 bits per heavy atom. The highest BCUT2D eigenvalue weighted by Crippen LogP contribution is 2.50. The number of nitrogens with zero attached hydrogens (tertiary/aromatic N) is 2. The van der Waals surface area contributed by atoms with Crippen molar-refractivity contribution in [2.45, 2.75) is 51.5 Å². The minimum Gasteiger partial charge on any atom is -0.324 e. The van der Waals surface area contributed by atoms with E-state index in [9.17, 15) is 10.1 Å². The second-order valence-corrected chi connectivity index (χ2v) is 6.61. The number of pyridine rings is 1. The van der Waals surface area contributed by atoms with Gasteiger partial charge in [0.2, 0.25) is 0 Å². The first-order valence-corrected chi connectivity index (χ1v) is 7.29. The zero-order valence-corrected chi connectivity index (χ0v) is 12.1. The first kappa shape index (κ1) is 13.5. The van der Waals surface area contributed by atoms with Crippen molar-refractivity contribution in [2.75, 3.05) is 0 Å². The van der Waals surface area contributed by atoms with Gasteiger partial charge in [-0.15, -0.1) is 0 Å². The Hall–Kier alpha value is -1.49. The number of hydrogen-bond acceptors (Lipinski definition) is 4. The van der Waals surface area contributed by atoms with Crippen LogP contribution in [-0.2, 0) is 6.42 Å². The third-order valence-electron chi connectivity index (χ3n) is 5.28. The zero-order valence-electron chi connectivity index (χ0n) is 12.1. The smallest absolute Gasteiger partial charge is 0.278 e. The monoisotopic (exact) mass is 275 g/mol. The van der Waals surface area contributed by atoms with Gasteiger partial charge in [-0.25, -0.2) is 0 Å². The predicted molar refractivity (Wildman–Crippen MR) is 76.4 cm³/mol. The number of hydrogen-bond donors (Lipinski definition) is 1. The molecule has 1 aromatic rings. The van der Waals surface area contributed by atoms with Gasteiger partial charge < -0.3 is 5.73 Å². The summed E-state index contributed by atoms with van der Waals surface area (Å²) < 4.78 is 0. The van der Waals surface area contributed by atoms with E-state index in [4.69, 9.17) is 5.73 Å². The highest BCUT2D eigenvalue weighted by Gasteiger charge is 2.48. The van der Waals surface area contributed by atoms with Crippen molar-refractivity contribution in [1.29, 1.82) is 0 Å². The molecule has 108 valence electrons. The van der Waals surface area contributed by atoms with Crippen LogP contribution in [-0.4, -0.2) is 15.4 Å². The van der Waals surface area contributed by atoms with E-state index in [0.29, 0.717) is 23.5 Å². The second kappa shape index (κ2) is 4.52. The van der Waals surface area contributed by atoms with Crippen LogP contribution in [0.3, 0.4) is 0 Å². The molecular formula is C15H21N3O2. The normalized spacial score (nSPS) is 31.8. The molecule has 3 unspecified atom stereocenters. The van der Waals surface area contributed by atoms with Crippen LogP contribution in [0, 0.1) is 35.8 Å². The summed E-state index contributed by atoms with van der Waals surface area (Å²) >= 11 is 0. The van der Waals surface area contributed by atoms with E-state index in [1.54, 1.807) is 20.0 Å². The molecule has 5 heteroatoms. The molecular weight excluding hydrogens is 254 g/mol. The van der Waals surface area contributed by atoms with Gasteiger partial charge >= 0.3 is 0 Å². The number of fused-ring (bicyclic) bond motifs is 2. The van der Waals surface area contributed by atoms with E-state index in [-0.39, 0.29) is 16.1 Å². The van der Waals surface area contributed by atoms with Gasteiger partial charge in [0, 0.05) is 29.3 Å². The van der Waals surface area contributed by atoms with Gasteiger partial charge in [0.1, 0.15) is 0 Å². The molecule has 2 saturated carbocycles. The molecule has 0 amide bonds. The maximum atomic E-state index is 11.2. The summed E-state index contributed by atoms with van der Waals surface area (Å²) in [7, 11) is 0. The van der Waals surface area contributed by atoms with Crippen molar-refractivity contribution >= 4 is 5.69 Å². The molecule has 2 fully saturated rings. The lowest BCUT2D eigenvalue weighted by molar-refractivity contribution is -0.386. The van der Waals surface area contributed by atoms with E-state index in [2.05, 4.69) is 4.98 Å². The lowest BCUT2D eigenvalue weighted by Crippen LogP contribution is -2.47. The Labute approximate surface area is 118 Å². The molecule has 0 aliphatic heterocycles. The Kier molecular flexibility index (Phi) is 3.05. The van der Waals surface area contributed by atoms with Crippen LogP contribution in [0.25, 0.3) is 0 Å². The van der Waals surface area contributed by atoms with Gasteiger partial charge in [0.25, 0.3) is 5.69 Å². The fraction of sp³-hybridized carbons (Fsp3) is 0.667. The third-order valence-corrected chi connectivity index (χ3v) is 5.28. The molecule has 1 heterocycles. The number of nitro groups is 1. The van der Waals surface area contributed by atoms with E-state index in [0.717, 1.165) is 18.0 Å². The van der Waals surface area contributed by atoms with Gasteiger partial charge in [0.15, 0.2) is 0 Å². The zero-order chi connectivity index (χ0) is 14.5. The molecule has 0 spiro atoms. The molecule has 1 aromatic heterocycles. The van der Waals surface area contributed by atoms with E-state index in [1.165, 1.54) is 19.3 Å². The summed E-state index contributed by atoms with van der Waals surface area (Å²) in [5, 5.41) is 11.2. The molecule has 0 saturated heterocycles. The molecule has 5 nitrogen and oxygen atoms in total. The summed E-state index contributed by atoms with van der Waals surface area (Å²) in [5.74, 6) is 1.32. The number of aromatic nitrogens is 1. The molecule has 0 radical (unpaired) electrons. The van der Waals surface area contributed by atoms with Crippen molar-refractivity contribution < 1.29 is 4.92 Å². The largest absolute Gasteiger partial charge is 0.324 e. The number of aryl methyl sites for hydroxylation is 1. The Morgan fingerprint density at radius 2 is 2.25 bits per heavy atom. The molecule has 3 atom stereocenters. The first-order valence-electron chi connectivity index (χ1n) is 7.29. The molecule has 2 bridgehead atoms. The van der Waals surface area contributed by atoms with Crippen molar-refractivity contribution in [3.05, 3.63) is 33.1 Å². The Morgan fingerprint density at radius 3 is 2.80 bits per heavy atom. The van der Waals surface area contributed by atoms with Crippen LogP contribution < -0.4 is 5.73 Å². The average molecular weight is 275 g/mol. The van der Waals surface area contributed by atoms with E-state index < -0.39 is 0 Å². The van der Waals surface area contributed by atoms with Crippen molar-refractivity contribution in [3.63, 3.8) is 0 Å². The van der Waals surface area contributed by atoms with Crippen LogP contribution in [0.1, 0.15) is 42.5 Å². The summed E-state index contributed by atoms with van der Waals surface area (Å²) in [5.41, 5.74) is 8.70. The Bertz CT molecular complexity index is 572. The first-order chi connectivity index (χ1) is 9.40. The third kappa shape index (κ3) is 2.00. The topological polar surface area (TPSA) is 82.0 Å². The lowest BCUT2D eigenvalue weighted by atomic mass is 9.78. The summed E-state index contributed by atoms with van der Waals surface area (Å²) in [6, 6.07) is 0. The van der Waals surface area contributed by atoms with E-state index in [1.807, 2.05) is 0 Å². The van der Waals surface area contributed by atoms with Crippen molar-refractivity contribution in [3.8, 4) is 0 Å². The quantitative estimate of drug-likeness (QED) is 0.679.